The summed E-state index contributed by atoms with van der Waals surface area (Å²) in [5, 5.41) is 89.2. The van der Waals surface area contributed by atoms with E-state index in [1.807, 2.05) is 281 Å². The third-order valence-electron chi connectivity index (χ3n) is 22.5. The molecule has 109 heavy (non-hydrogen) atoms. The number of hydrogen-bond acceptors (Lipinski definition) is 13. The van der Waals surface area contributed by atoms with Gasteiger partial charge in [0.05, 0.1) is 13.2 Å². The van der Waals surface area contributed by atoms with Crippen molar-refractivity contribution in [2.24, 2.45) is 0 Å². The molecule has 0 unspecified atom stereocenters. The molecule has 10 aromatic carbocycles. The Kier molecular flexibility index (Phi) is 32.3. The van der Waals surface area contributed by atoms with E-state index in [-0.39, 0.29) is 117 Å². The maximum absolute atomic E-state index is 15.2. The molecule has 0 N–H and O–H groups in total. The van der Waals surface area contributed by atoms with Crippen molar-refractivity contribution in [3.8, 4) is 11.5 Å². The number of benzene rings is 10. The first kappa shape index (κ1) is 85.5. The zero-order valence-corrected chi connectivity index (χ0v) is 70.1. The smallest absolute Gasteiger partial charge is 0.872 e. The van der Waals surface area contributed by atoms with E-state index in [9.17, 15) is 10.2 Å². The molecule has 0 bridgehead atoms. The topological polar surface area (TPSA) is 179 Å². The van der Waals surface area contributed by atoms with E-state index < -0.39 is 22.4 Å². The summed E-state index contributed by atoms with van der Waals surface area (Å²) in [5.74, 6) is 0.0347. The van der Waals surface area contributed by atoms with Crippen LogP contribution in [0.15, 0.2) is 267 Å². The Hall–Kier alpha value is -5.94. The van der Waals surface area contributed by atoms with Crippen LogP contribution in [0.2, 0.25) is 0 Å². The molecule has 15 heteroatoms. The van der Waals surface area contributed by atoms with E-state index in [4.69, 9.17) is 4.74 Å². The van der Waals surface area contributed by atoms with Crippen molar-refractivity contribution in [3.05, 3.63) is 345 Å². The molecule has 0 amide bonds. The monoisotopic (exact) mass is 1720 g/mol. The van der Waals surface area contributed by atoms with Crippen LogP contribution < -0.4 is 30.6 Å². The van der Waals surface area contributed by atoms with E-state index >= 15 is 20.4 Å². The van der Waals surface area contributed by atoms with Crippen molar-refractivity contribution in [2.45, 2.75) is 151 Å². The third kappa shape index (κ3) is 20.0. The summed E-state index contributed by atoms with van der Waals surface area (Å²) in [6, 6.07) is 84.3. The number of rotatable bonds is 23. The second-order valence-electron chi connectivity index (χ2n) is 29.5. The van der Waals surface area contributed by atoms with Crippen LogP contribution >= 0.6 is 0 Å². The van der Waals surface area contributed by atoms with Crippen LogP contribution in [-0.2, 0) is 62.8 Å². The molecule has 5 aliphatic rings. The summed E-state index contributed by atoms with van der Waals surface area (Å²) in [7, 11) is 3.30. The van der Waals surface area contributed by atoms with Crippen LogP contribution in [0.1, 0.15) is 142 Å². The normalized spacial score (nSPS) is 18.5. The van der Waals surface area contributed by atoms with E-state index in [0.717, 1.165) is 169 Å². The molecule has 10 aromatic rings. The van der Waals surface area contributed by atoms with Gasteiger partial charge in [0.2, 0.25) is 0 Å². The Morgan fingerprint density at radius 1 is 0.312 bits per heavy atom. The number of methoxy groups -OCH3 is 2. The SMILES string of the molecule is C1CCOC1.COCCOC.Cc1cc(CN2CCC[C@H]2C([O-])(c2ccccc2)c2ccccc2)c([O-])c(CN2CCC[C@H]2C([O-])(c2ccccc2)c2ccccc2)c1.Cc1cc(CN2CCC[C@H]2C([O-])(c2ccccc2)c2ccccc2)c([O-])c(CN2CCC[C@H]2C([O-])(c2ccccc2)c2ccccc2)c1.[Nd+3].[Nd+3]. The maximum Gasteiger partial charge on any atom is 3.00 e. The molecule has 15 rings (SSSR count). The summed E-state index contributed by atoms with van der Waals surface area (Å²) in [6.07, 6.45) is 9.23. The fourth-order valence-electron chi connectivity index (χ4n) is 17.5. The van der Waals surface area contributed by atoms with Crippen LogP contribution in [0.25, 0.3) is 0 Å². The minimum absolute atomic E-state index is 0. The predicted octanol–water partition coefficient (Wildman–Crippen LogP) is 12.3. The number of hydrogen-bond donors (Lipinski definition) is 0. The van der Waals surface area contributed by atoms with Gasteiger partial charge < -0.3 is 44.8 Å². The molecular weight excluding hydrogens is 1620 g/mol. The van der Waals surface area contributed by atoms with E-state index in [2.05, 4.69) is 29.1 Å². The van der Waals surface area contributed by atoms with Gasteiger partial charge in [-0.15, -0.1) is 0 Å². The average molecular weight is 1720 g/mol. The molecule has 0 spiro atoms. The van der Waals surface area contributed by atoms with Gasteiger partial charge in [-0.05, 0) is 149 Å². The van der Waals surface area contributed by atoms with Crippen molar-refractivity contribution >= 4 is 0 Å². The molecule has 562 valence electrons. The molecule has 2 radical (unpaired) electrons. The molecule has 13 nitrogen and oxygen atoms in total. The molecule has 5 saturated heterocycles. The van der Waals surface area contributed by atoms with E-state index in [1.54, 1.807) is 14.2 Å². The number of nitrogens with zero attached hydrogens (tertiary/aromatic N) is 4. The first-order chi connectivity index (χ1) is 52.2. The van der Waals surface area contributed by atoms with Gasteiger partial charge in [-0.3, -0.25) is 19.6 Å². The van der Waals surface area contributed by atoms with Gasteiger partial charge in [0, 0.05) is 77.8 Å². The summed E-state index contributed by atoms with van der Waals surface area (Å²) >= 11 is 0. The van der Waals surface area contributed by atoms with Gasteiger partial charge in [-0.1, -0.05) is 334 Å². The second-order valence-corrected chi connectivity index (χ2v) is 29.5. The fraction of sp³-hybridized carbons (Fsp3) is 0.362. The fourth-order valence-corrected chi connectivity index (χ4v) is 17.5. The zero-order valence-electron chi connectivity index (χ0n) is 63.7. The Bertz CT molecular complexity index is 3630. The predicted molar refractivity (Wildman–Crippen MR) is 413 cm³/mol. The van der Waals surface area contributed by atoms with Crippen molar-refractivity contribution < 1.29 is 127 Å². The first-order valence-electron chi connectivity index (χ1n) is 38.6. The zero-order chi connectivity index (χ0) is 74.6. The summed E-state index contributed by atoms with van der Waals surface area (Å²) in [5.41, 5.74) is 5.02. The van der Waals surface area contributed by atoms with Crippen LogP contribution in [-0.4, -0.2) is 111 Å². The Morgan fingerprint density at radius 3 is 0.651 bits per heavy atom. The van der Waals surface area contributed by atoms with Gasteiger partial charge in [0.25, 0.3) is 0 Å². The molecule has 5 fully saturated rings. The number of aryl methyl sites for hydroxylation is 2. The molecule has 5 heterocycles. The Balaban J connectivity index is 0.000000200. The van der Waals surface area contributed by atoms with Gasteiger partial charge in [-0.2, -0.15) is 0 Å². The van der Waals surface area contributed by atoms with Crippen molar-refractivity contribution in [1.82, 2.24) is 19.6 Å². The average Bonchev–Trinajstić information content (AvgIpc) is 1.76. The third-order valence-corrected chi connectivity index (χ3v) is 22.5. The molecular formula is C94H104N4Nd2O9. The van der Waals surface area contributed by atoms with Gasteiger partial charge in [0.15, 0.2) is 0 Å². The Labute approximate surface area is 713 Å². The van der Waals surface area contributed by atoms with Crippen LogP contribution in [0, 0.1) is 95.5 Å². The van der Waals surface area contributed by atoms with Crippen molar-refractivity contribution in [2.75, 3.05) is 66.8 Å². The quantitative estimate of drug-likeness (QED) is 0.0553. The Morgan fingerprint density at radius 2 is 0.495 bits per heavy atom. The summed E-state index contributed by atoms with van der Waals surface area (Å²) < 4.78 is 14.3. The minimum atomic E-state index is -1.47. The van der Waals surface area contributed by atoms with Crippen LogP contribution in [0.4, 0.5) is 0 Å². The van der Waals surface area contributed by atoms with Gasteiger partial charge in [0.1, 0.15) is 0 Å². The van der Waals surface area contributed by atoms with Crippen LogP contribution in [0.5, 0.6) is 11.5 Å². The van der Waals surface area contributed by atoms with E-state index in [0.29, 0.717) is 39.4 Å². The number of likely N-dealkylation sites (tertiary alicyclic amines) is 4. The maximum atomic E-state index is 15.2. The molecule has 0 aromatic heterocycles. The summed E-state index contributed by atoms with van der Waals surface area (Å²) in [4.78, 5) is 8.94. The molecule has 5 aliphatic heterocycles. The van der Waals surface area contributed by atoms with Crippen molar-refractivity contribution in [1.29, 1.82) is 0 Å². The second kappa shape index (κ2) is 41.2. The van der Waals surface area contributed by atoms with Gasteiger partial charge in [-0.25, -0.2) is 0 Å². The minimum Gasteiger partial charge on any atom is -0.872 e. The molecule has 4 atom stereocenters. The molecule has 0 aliphatic carbocycles. The first-order valence-corrected chi connectivity index (χ1v) is 38.6. The number of ether oxygens (including phenoxy) is 3. The largest absolute Gasteiger partial charge is 3.00 e. The van der Waals surface area contributed by atoms with Gasteiger partial charge >= 0.3 is 81.7 Å². The van der Waals surface area contributed by atoms with E-state index in [1.165, 1.54) is 12.8 Å². The molecule has 0 saturated carbocycles. The summed E-state index contributed by atoms with van der Waals surface area (Å²) in [6.45, 7) is 12.2. The van der Waals surface area contributed by atoms with Crippen LogP contribution in [0.3, 0.4) is 0 Å². The van der Waals surface area contributed by atoms with Crippen molar-refractivity contribution in [3.63, 3.8) is 0 Å². The standard InChI is InChI=1S/2C43H44N2O3.C4H10O2.C4H8O.2Nd/c2*1-32-28-33(30-44-26-14-24-39(44)42(47,35-16-6-2-7-17-35)36-18-8-3-9-19-36)41(46)34(29-32)31-45-27-15-25-40(45)43(48,37-20-10-4-11-21-37)38-22-12-5-13-23-38;1-5-3-4-6-2;1-2-4-5-3-1;;/h2*2-13,16-23,28-29,39-40,46H,14-15,24-27,30-31H2,1H3;3-4H2,1-2H3;1-4H2;;/q2*-2;;;2*+3/p-2/t2*39-,40-;;;;/m00..../s1.